The zero-order chi connectivity index (χ0) is 20.2. The van der Waals surface area contributed by atoms with Crippen LogP contribution in [0.15, 0.2) is 0 Å². The lowest BCUT2D eigenvalue weighted by atomic mass is 9.65. The third-order valence-electron chi connectivity index (χ3n) is 10.8. The Hall–Kier alpha value is 0. The van der Waals surface area contributed by atoms with Crippen LogP contribution in [-0.2, 0) is 0 Å². The Morgan fingerprint density at radius 1 is 0.414 bits per heavy atom. The van der Waals surface area contributed by atoms with Crippen LogP contribution in [0.5, 0.6) is 0 Å². The zero-order valence-corrected chi connectivity index (χ0v) is 20.2. The molecule has 0 radical (unpaired) electrons. The molecule has 0 aromatic heterocycles. The van der Waals surface area contributed by atoms with Crippen molar-refractivity contribution in [1.29, 1.82) is 0 Å². The van der Waals surface area contributed by atoms with Crippen molar-refractivity contribution in [1.82, 2.24) is 0 Å². The van der Waals surface area contributed by atoms with E-state index in [2.05, 4.69) is 20.8 Å². The van der Waals surface area contributed by atoms with E-state index in [0.29, 0.717) is 0 Å². The number of hydrogen-bond acceptors (Lipinski definition) is 0. The zero-order valence-electron chi connectivity index (χ0n) is 20.2. The average molecular weight is 401 g/mol. The topological polar surface area (TPSA) is 0 Å². The molecule has 168 valence electrons. The molecule has 0 bridgehead atoms. The highest BCUT2D eigenvalue weighted by atomic mass is 14.4. The Balaban J connectivity index is 1.10. The number of rotatable bonds is 5. The molecule has 0 N–H and O–H groups in total. The average Bonchev–Trinajstić information content (AvgIpc) is 2.76. The predicted octanol–water partition coefficient (Wildman–Crippen LogP) is 9.28. The number of hydrogen-bond donors (Lipinski definition) is 0. The maximum Gasteiger partial charge on any atom is -0.0383 e. The van der Waals surface area contributed by atoms with E-state index < -0.39 is 0 Å². The quantitative estimate of drug-likeness (QED) is 0.431. The Bertz CT molecular complexity index is 456. The van der Waals surface area contributed by atoms with Gasteiger partial charge in [-0.2, -0.15) is 0 Å². The summed E-state index contributed by atoms with van der Waals surface area (Å²) in [5, 5.41) is 0. The second-order valence-corrected chi connectivity index (χ2v) is 12.7. The normalized spacial score (nSPS) is 47.1. The molecule has 0 nitrogen and oxygen atoms in total. The summed E-state index contributed by atoms with van der Waals surface area (Å²) in [4.78, 5) is 0. The van der Waals surface area contributed by atoms with Crippen molar-refractivity contribution in [2.45, 2.75) is 130 Å². The minimum atomic E-state index is 0.985. The van der Waals surface area contributed by atoms with Gasteiger partial charge in [0, 0.05) is 0 Å². The first-order valence-corrected chi connectivity index (χ1v) is 14.1. The Labute approximate surface area is 183 Å². The maximum atomic E-state index is 2.52. The molecule has 0 heterocycles. The van der Waals surface area contributed by atoms with E-state index in [0.717, 1.165) is 53.3 Å². The van der Waals surface area contributed by atoms with Gasteiger partial charge in [-0.3, -0.25) is 0 Å². The van der Waals surface area contributed by atoms with Crippen molar-refractivity contribution >= 4 is 0 Å². The molecule has 0 saturated heterocycles. The second kappa shape index (κ2) is 10.5. The van der Waals surface area contributed by atoms with Crippen molar-refractivity contribution in [3.8, 4) is 0 Å². The van der Waals surface area contributed by atoms with Crippen LogP contribution < -0.4 is 0 Å². The summed E-state index contributed by atoms with van der Waals surface area (Å²) in [6, 6.07) is 0. The van der Waals surface area contributed by atoms with Crippen molar-refractivity contribution in [3.05, 3.63) is 0 Å². The molecule has 4 rings (SSSR count). The molecule has 0 amide bonds. The Kier molecular flexibility index (Phi) is 8.07. The molecule has 4 saturated carbocycles. The summed E-state index contributed by atoms with van der Waals surface area (Å²) in [6.45, 7) is 7.48. The SMILES string of the molecule is CC1CCC(C2CCC(CCC3CCC(C4CCC(C)C(C)C4)CC3)CC2)CC1. The van der Waals surface area contributed by atoms with E-state index in [4.69, 9.17) is 0 Å². The second-order valence-electron chi connectivity index (χ2n) is 12.7. The summed E-state index contributed by atoms with van der Waals surface area (Å²) in [5.74, 6) is 9.55. The first-order chi connectivity index (χ1) is 14.1. The van der Waals surface area contributed by atoms with E-state index in [1.54, 1.807) is 89.9 Å². The first-order valence-electron chi connectivity index (χ1n) is 14.1. The Morgan fingerprint density at radius 3 is 1.31 bits per heavy atom. The molecule has 0 heteroatoms. The van der Waals surface area contributed by atoms with Crippen molar-refractivity contribution in [2.75, 3.05) is 0 Å². The van der Waals surface area contributed by atoms with Crippen LogP contribution in [0.3, 0.4) is 0 Å². The molecule has 0 aromatic rings. The minimum absolute atomic E-state index is 0.985. The lowest BCUT2D eigenvalue weighted by molar-refractivity contribution is 0.110. The van der Waals surface area contributed by atoms with Gasteiger partial charge in [0.1, 0.15) is 0 Å². The van der Waals surface area contributed by atoms with Crippen LogP contribution in [0, 0.1) is 53.3 Å². The standard InChI is InChI=1S/C29H52/c1-21-4-13-26(14-5-21)27-16-9-24(10-17-27)7-8-25-11-18-28(19-12-25)29-15-6-22(2)23(3)20-29/h21-29H,4-20H2,1-3H3. The van der Waals surface area contributed by atoms with E-state index >= 15 is 0 Å². The first kappa shape index (κ1) is 22.2. The van der Waals surface area contributed by atoms with Crippen LogP contribution >= 0.6 is 0 Å². The van der Waals surface area contributed by atoms with Gasteiger partial charge in [0.25, 0.3) is 0 Å². The van der Waals surface area contributed by atoms with Crippen molar-refractivity contribution in [2.24, 2.45) is 53.3 Å². The van der Waals surface area contributed by atoms with Gasteiger partial charge >= 0.3 is 0 Å². The molecule has 4 aliphatic rings. The fourth-order valence-corrected chi connectivity index (χ4v) is 8.14. The fourth-order valence-electron chi connectivity index (χ4n) is 8.14. The van der Waals surface area contributed by atoms with E-state index in [1.165, 1.54) is 19.3 Å². The monoisotopic (exact) mass is 400 g/mol. The molecule has 4 aliphatic carbocycles. The molecule has 0 spiro atoms. The van der Waals surface area contributed by atoms with Gasteiger partial charge in [-0.15, -0.1) is 0 Å². The van der Waals surface area contributed by atoms with Crippen LogP contribution in [0.25, 0.3) is 0 Å². The highest BCUT2D eigenvalue weighted by Gasteiger charge is 2.33. The van der Waals surface area contributed by atoms with Gasteiger partial charge in [0.15, 0.2) is 0 Å². The van der Waals surface area contributed by atoms with Crippen LogP contribution in [0.4, 0.5) is 0 Å². The summed E-state index contributed by atoms with van der Waals surface area (Å²) < 4.78 is 0. The van der Waals surface area contributed by atoms with Gasteiger partial charge in [-0.05, 0) is 105 Å². The van der Waals surface area contributed by atoms with Gasteiger partial charge in [-0.25, -0.2) is 0 Å². The van der Waals surface area contributed by atoms with E-state index in [1.807, 2.05) is 0 Å². The van der Waals surface area contributed by atoms with E-state index in [-0.39, 0.29) is 0 Å². The van der Waals surface area contributed by atoms with Gasteiger partial charge in [0.05, 0.1) is 0 Å². The summed E-state index contributed by atoms with van der Waals surface area (Å²) >= 11 is 0. The van der Waals surface area contributed by atoms with Crippen LogP contribution in [-0.4, -0.2) is 0 Å². The summed E-state index contributed by atoms with van der Waals surface area (Å²) in [5.41, 5.74) is 0. The molecule has 3 unspecified atom stereocenters. The maximum absolute atomic E-state index is 2.52. The van der Waals surface area contributed by atoms with Gasteiger partial charge in [-0.1, -0.05) is 78.6 Å². The molecule has 4 fully saturated rings. The lowest BCUT2D eigenvalue weighted by Crippen LogP contribution is -2.29. The highest BCUT2D eigenvalue weighted by molar-refractivity contribution is 4.85. The molecule has 0 aliphatic heterocycles. The van der Waals surface area contributed by atoms with Gasteiger partial charge < -0.3 is 0 Å². The fraction of sp³-hybridized carbons (Fsp3) is 1.00. The summed E-state index contributed by atoms with van der Waals surface area (Å²) in [6.07, 6.45) is 26.5. The minimum Gasteiger partial charge on any atom is -0.0625 e. The molecular weight excluding hydrogens is 348 g/mol. The predicted molar refractivity (Wildman–Crippen MR) is 127 cm³/mol. The van der Waals surface area contributed by atoms with Gasteiger partial charge in [0.2, 0.25) is 0 Å². The lowest BCUT2D eigenvalue weighted by Gasteiger charge is -2.40. The van der Waals surface area contributed by atoms with E-state index in [9.17, 15) is 0 Å². The molecule has 3 atom stereocenters. The van der Waals surface area contributed by atoms with Crippen molar-refractivity contribution in [3.63, 3.8) is 0 Å². The Morgan fingerprint density at radius 2 is 0.828 bits per heavy atom. The third kappa shape index (κ3) is 6.04. The third-order valence-corrected chi connectivity index (χ3v) is 10.8. The van der Waals surface area contributed by atoms with Crippen LogP contribution in [0.1, 0.15) is 130 Å². The summed E-state index contributed by atoms with van der Waals surface area (Å²) in [7, 11) is 0. The van der Waals surface area contributed by atoms with Crippen LogP contribution in [0.2, 0.25) is 0 Å². The molecule has 0 aromatic carbocycles. The molecule has 29 heavy (non-hydrogen) atoms. The molecular formula is C29H52. The highest BCUT2D eigenvalue weighted by Crippen LogP contribution is 2.45. The van der Waals surface area contributed by atoms with Crippen molar-refractivity contribution < 1.29 is 0 Å². The largest absolute Gasteiger partial charge is 0.0625 e. The smallest absolute Gasteiger partial charge is 0.0383 e.